The van der Waals surface area contributed by atoms with Gasteiger partial charge in [0.05, 0.1) is 12.6 Å². The molecule has 0 fully saturated rings. The summed E-state index contributed by atoms with van der Waals surface area (Å²) >= 11 is 0. The van der Waals surface area contributed by atoms with Crippen LogP contribution in [0.5, 0.6) is 0 Å². The highest BCUT2D eigenvalue weighted by Crippen LogP contribution is 2.17. The summed E-state index contributed by atoms with van der Waals surface area (Å²) < 4.78 is 5.58. The highest BCUT2D eigenvalue weighted by Gasteiger charge is 2.08. The fourth-order valence-corrected chi connectivity index (χ4v) is 1.19. The summed E-state index contributed by atoms with van der Waals surface area (Å²) in [5.74, 6) is 1.86. The normalized spacial score (nSPS) is 13.6. The first kappa shape index (κ1) is 10.3. The van der Waals surface area contributed by atoms with Crippen LogP contribution in [0.1, 0.15) is 30.9 Å². The molecule has 0 bridgehead atoms. The Kier molecular flexibility index (Phi) is 3.51. The molecule has 3 heteroatoms. The third kappa shape index (κ3) is 2.86. The molecule has 0 spiro atoms. The van der Waals surface area contributed by atoms with Gasteiger partial charge in [0.25, 0.3) is 0 Å². The second-order valence-electron chi connectivity index (χ2n) is 3.56. The zero-order chi connectivity index (χ0) is 9.84. The Morgan fingerprint density at radius 1 is 1.46 bits per heavy atom. The van der Waals surface area contributed by atoms with Crippen molar-refractivity contribution in [1.82, 2.24) is 4.90 Å². The van der Waals surface area contributed by atoms with Gasteiger partial charge < -0.3 is 15.1 Å². The van der Waals surface area contributed by atoms with Crippen LogP contribution in [0, 0.1) is 0 Å². The second-order valence-corrected chi connectivity index (χ2v) is 3.56. The molecule has 0 aliphatic heterocycles. The van der Waals surface area contributed by atoms with Gasteiger partial charge in [0.15, 0.2) is 0 Å². The van der Waals surface area contributed by atoms with E-state index in [0.717, 1.165) is 24.5 Å². The Morgan fingerprint density at radius 2 is 2.15 bits per heavy atom. The summed E-state index contributed by atoms with van der Waals surface area (Å²) in [7, 11) is 4.03. The molecular weight excluding hydrogens is 164 g/mol. The molecule has 0 aliphatic carbocycles. The van der Waals surface area contributed by atoms with E-state index in [4.69, 9.17) is 10.2 Å². The van der Waals surface area contributed by atoms with Gasteiger partial charge in [-0.25, -0.2) is 0 Å². The second kappa shape index (κ2) is 4.44. The van der Waals surface area contributed by atoms with E-state index in [1.807, 2.05) is 26.2 Å². The quantitative estimate of drug-likeness (QED) is 0.771. The SMILES string of the molecule is CCC(N)c1ccc(CN(C)C)o1. The molecule has 1 aromatic rings. The summed E-state index contributed by atoms with van der Waals surface area (Å²) in [5, 5.41) is 0. The topological polar surface area (TPSA) is 42.4 Å². The fourth-order valence-electron chi connectivity index (χ4n) is 1.19. The van der Waals surface area contributed by atoms with Crippen molar-refractivity contribution in [2.24, 2.45) is 5.73 Å². The lowest BCUT2D eigenvalue weighted by molar-refractivity contribution is 0.334. The number of nitrogens with zero attached hydrogens (tertiary/aromatic N) is 1. The zero-order valence-electron chi connectivity index (χ0n) is 8.58. The predicted octanol–water partition coefficient (Wildman–Crippen LogP) is 1.75. The lowest BCUT2D eigenvalue weighted by Crippen LogP contribution is -2.10. The Hall–Kier alpha value is -0.800. The summed E-state index contributed by atoms with van der Waals surface area (Å²) in [6.45, 7) is 2.88. The molecule has 3 nitrogen and oxygen atoms in total. The maximum Gasteiger partial charge on any atom is 0.120 e. The van der Waals surface area contributed by atoms with Crippen LogP contribution < -0.4 is 5.73 Å². The van der Waals surface area contributed by atoms with Crippen LogP contribution in [0.2, 0.25) is 0 Å². The maximum atomic E-state index is 5.83. The molecule has 0 saturated carbocycles. The molecule has 0 amide bonds. The van der Waals surface area contributed by atoms with Crippen molar-refractivity contribution in [3.8, 4) is 0 Å². The van der Waals surface area contributed by atoms with Crippen molar-refractivity contribution in [3.05, 3.63) is 23.7 Å². The van der Waals surface area contributed by atoms with E-state index in [-0.39, 0.29) is 6.04 Å². The summed E-state index contributed by atoms with van der Waals surface area (Å²) in [5.41, 5.74) is 5.83. The van der Waals surface area contributed by atoms with Gasteiger partial charge in [-0.15, -0.1) is 0 Å². The highest BCUT2D eigenvalue weighted by molar-refractivity contribution is 5.10. The van der Waals surface area contributed by atoms with Gasteiger partial charge in [-0.3, -0.25) is 0 Å². The Balaban J connectivity index is 2.63. The van der Waals surface area contributed by atoms with Gasteiger partial charge in [-0.05, 0) is 32.6 Å². The van der Waals surface area contributed by atoms with Gasteiger partial charge in [-0.2, -0.15) is 0 Å². The molecule has 1 aromatic heterocycles. The van der Waals surface area contributed by atoms with Crippen LogP contribution in [-0.2, 0) is 6.54 Å². The first-order valence-electron chi connectivity index (χ1n) is 4.62. The van der Waals surface area contributed by atoms with Crippen LogP contribution in [-0.4, -0.2) is 19.0 Å². The predicted molar refractivity (Wildman–Crippen MR) is 53.3 cm³/mol. The molecular formula is C10H18N2O. The molecule has 1 rings (SSSR count). The Morgan fingerprint density at radius 3 is 2.69 bits per heavy atom. The van der Waals surface area contributed by atoms with Crippen LogP contribution in [0.4, 0.5) is 0 Å². The molecule has 13 heavy (non-hydrogen) atoms. The van der Waals surface area contributed by atoms with Crippen molar-refractivity contribution in [2.45, 2.75) is 25.9 Å². The van der Waals surface area contributed by atoms with Crippen molar-refractivity contribution in [3.63, 3.8) is 0 Å². The first-order chi connectivity index (χ1) is 6.13. The van der Waals surface area contributed by atoms with E-state index >= 15 is 0 Å². The molecule has 0 saturated heterocycles. The van der Waals surface area contributed by atoms with Gasteiger partial charge in [0, 0.05) is 0 Å². The van der Waals surface area contributed by atoms with Gasteiger partial charge in [-0.1, -0.05) is 6.92 Å². The van der Waals surface area contributed by atoms with Crippen molar-refractivity contribution in [2.75, 3.05) is 14.1 Å². The van der Waals surface area contributed by atoms with Gasteiger partial charge in [0.2, 0.25) is 0 Å². The average molecular weight is 182 g/mol. The van der Waals surface area contributed by atoms with E-state index in [2.05, 4.69) is 11.8 Å². The molecule has 1 atom stereocenters. The van der Waals surface area contributed by atoms with Crippen LogP contribution in [0.25, 0.3) is 0 Å². The van der Waals surface area contributed by atoms with Crippen LogP contribution >= 0.6 is 0 Å². The van der Waals surface area contributed by atoms with Crippen molar-refractivity contribution in [1.29, 1.82) is 0 Å². The van der Waals surface area contributed by atoms with Crippen LogP contribution in [0.15, 0.2) is 16.5 Å². The monoisotopic (exact) mass is 182 g/mol. The molecule has 0 aromatic carbocycles. The lowest BCUT2D eigenvalue weighted by atomic mass is 10.2. The van der Waals surface area contributed by atoms with E-state index < -0.39 is 0 Å². The highest BCUT2D eigenvalue weighted by atomic mass is 16.3. The number of rotatable bonds is 4. The van der Waals surface area contributed by atoms with Crippen LogP contribution in [0.3, 0.4) is 0 Å². The lowest BCUT2D eigenvalue weighted by Gasteiger charge is -2.07. The number of hydrogen-bond donors (Lipinski definition) is 1. The van der Waals surface area contributed by atoms with E-state index in [9.17, 15) is 0 Å². The van der Waals surface area contributed by atoms with E-state index in [1.54, 1.807) is 0 Å². The standard InChI is InChI=1S/C10H18N2O/c1-4-9(11)10-6-5-8(13-10)7-12(2)3/h5-6,9H,4,7,11H2,1-3H3. The Labute approximate surface area is 79.5 Å². The molecule has 2 N–H and O–H groups in total. The van der Waals surface area contributed by atoms with Gasteiger partial charge in [0.1, 0.15) is 11.5 Å². The van der Waals surface area contributed by atoms with Gasteiger partial charge >= 0.3 is 0 Å². The maximum absolute atomic E-state index is 5.83. The first-order valence-corrected chi connectivity index (χ1v) is 4.62. The minimum absolute atomic E-state index is 0.0379. The van der Waals surface area contributed by atoms with E-state index in [0.29, 0.717) is 0 Å². The minimum Gasteiger partial charge on any atom is -0.463 e. The Bertz CT molecular complexity index is 255. The summed E-state index contributed by atoms with van der Waals surface area (Å²) in [4.78, 5) is 2.07. The molecule has 1 heterocycles. The molecule has 74 valence electrons. The van der Waals surface area contributed by atoms with E-state index in [1.165, 1.54) is 0 Å². The minimum atomic E-state index is 0.0379. The summed E-state index contributed by atoms with van der Waals surface area (Å²) in [6.07, 6.45) is 0.912. The number of nitrogens with two attached hydrogens (primary N) is 1. The summed E-state index contributed by atoms with van der Waals surface area (Å²) in [6, 6.07) is 3.99. The largest absolute Gasteiger partial charge is 0.463 e. The molecule has 0 aliphatic rings. The fraction of sp³-hybridized carbons (Fsp3) is 0.600. The molecule has 0 radical (unpaired) electrons. The van der Waals surface area contributed by atoms with Crippen molar-refractivity contribution >= 4 is 0 Å². The number of furan rings is 1. The van der Waals surface area contributed by atoms with Crippen molar-refractivity contribution < 1.29 is 4.42 Å². The zero-order valence-corrected chi connectivity index (χ0v) is 8.58. The third-order valence-electron chi connectivity index (χ3n) is 1.96. The third-order valence-corrected chi connectivity index (χ3v) is 1.96. The average Bonchev–Trinajstić information content (AvgIpc) is 2.50. The molecule has 1 unspecified atom stereocenters. The number of hydrogen-bond acceptors (Lipinski definition) is 3. The smallest absolute Gasteiger partial charge is 0.120 e.